The molecule has 17 heavy (non-hydrogen) atoms. The SMILES string of the molecule is O=C(O)/C(=C\c1sc(Cl)nc1Cl)c1cccs1. The first-order valence-corrected chi connectivity index (χ1v) is 6.84. The van der Waals surface area contributed by atoms with Gasteiger partial charge in [0.05, 0.1) is 10.5 Å². The van der Waals surface area contributed by atoms with Crippen LogP contribution in [0, 0.1) is 0 Å². The lowest BCUT2D eigenvalue weighted by Crippen LogP contribution is -1.97. The van der Waals surface area contributed by atoms with E-state index in [0.717, 1.165) is 11.3 Å². The van der Waals surface area contributed by atoms with Crippen LogP contribution in [0.5, 0.6) is 0 Å². The third-order valence-electron chi connectivity index (χ3n) is 1.88. The first-order chi connectivity index (χ1) is 8.08. The van der Waals surface area contributed by atoms with Gasteiger partial charge in [-0.15, -0.1) is 22.7 Å². The smallest absolute Gasteiger partial charge is 0.337 e. The summed E-state index contributed by atoms with van der Waals surface area (Å²) in [6, 6.07) is 3.53. The van der Waals surface area contributed by atoms with Gasteiger partial charge in [-0.25, -0.2) is 9.78 Å². The molecule has 7 heteroatoms. The zero-order valence-electron chi connectivity index (χ0n) is 8.18. The summed E-state index contributed by atoms with van der Waals surface area (Å²) in [4.78, 5) is 16.2. The van der Waals surface area contributed by atoms with E-state index in [1.807, 2.05) is 5.38 Å². The minimum atomic E-state index is -1.01. The molecule has 0 saturated heterocycles. The number of halogens is 2. The number of thiophene rings is 1. The van der Waals surface area contributed by atoms with E-state index < -0.39 is 5.97 Å². The summed E-state index contributed by atoms with van der Waals surface area (Å²) in [6.07, 6.45) is 1.49. The zero-order valence-corrected chi connectivity index (χ0v) is 11.3. The molecule has 0 aliphatic rings. The van der Waals surface area contributed by atoms with Crippen molar-refractivity contribution in [1.29, 1.82) is 0 Å². The summed E-state index contributed by atoms with van der Waals surface area (Å²) >= 11 is 14.0. The van der Waals surface area contributed by atoms with Gasteiger partial charge < -0.3 is 5.11 Å². The average Bonchev–Trinajstić information content (AvgIpc) is 2.84. The van der Waals surface area contributed by atoms with Crippen molar-refractivity contribution in [3.05, 3.63) is 36.9 Å². The van der Waals surface area contributed by atoms with Crippen molar-refractivity contribution in [2.24, 2.45) is 0 Å². The van der Waals surface area contributed by atoms with Crippen LogP contribution in [0.25, 0.3) is 11.6 Å². The minimum Gasteiger partial charge on any atom is -0.478 e. The average molecular weight is 306 g/mol. The maximum absolute atomic E-state index is 11.2. The van der Waals surface area contributed by atoms with E-state index in [2.05, 4.69) is 4.98 Å². The van der Waals surface area contributed by atoms with Gasteiger partial charge >= 0.3 is 5.97 Å². The Morgan fingerprint density at radius 1 is 1.47 bits per heavy atom. The largest absolute Gasteiger partial charge is 0.478 e. The highest BCUT2D eigenvalue weighted by molar-refractivity contribution is 7.17. The van der Waals surface area contributed by atoms with E-state index in [0.29, 0.717) is 9.75 Å². The molecule has 3 nitrogen and oxygen atoms in total. The van der Waals surface area contributed by atoms with Crippen LogP contribution in [-0.4, -0.2) is 16.1 Å². The molecule has 0 bridgehead atoms. The van der Waals surface area contributed by atoms with Crippen LogP contribution in [-0.2, 0) is 4.79 Å². The molecule has 0 radical (unpaired) electrons. The summed E-state index contributed by atoms with van der Waals surface area (Å²) in [5.74, 6) is -1.01. The van der Waals surface area contributed by atoms with E-state index in [1.54, 1.807) is 12.1 Å². The maximum atomic E-state index is 11.2. The Kier molecular flexibility index (Phi) is 3.83. The van der Waals surface area contributed by atoms with Crippen molar-refractivity contribution in [2.45, 2.75) is 0 Å². The number of carboxylic acid groups (broad SMARTS) is 1. The second-order valence-corrected chi connectivity index (χ2v) is 5.88. The molecular formula is C10H5Cl2NO2S2. The monoisotopic (exact) mass is 305 g/mol. The highest BCUT2D eigenvalue weighted by Crippen LogP contribution is 2.31. The fourth-order valence-corrected chi connectivity index (χ4v) is 3.22. The van der Waals surface area contributed by atoms with Gasteiger partial charge in [-0.1, -0.05) is 29.3 Å². The van der Waals surface area contributed by atoms with Crippen molar-refractivity contribution >= 4 is 63.5 Å². The van der Waals surface area contributed by atoms with Gasteiger partial charge in [-0.2, -0.15) is 0 Å². The number of rotatable bonds is 3. The summed E-state index contributed by atoms with van der Waals surface area (Å²) < 4.78 is 0.289. The highest BCUT2D eigenvalue weighted by atomic mass is 35.5. The Balaban J connectivity index is 2.47. The molecule has 1 N–H and O–H groups in total. The Morgan fingerprint density at radius 3 is 2.71 bits per heavy atom. The number of carboxylic acids is 1. The number of aliphatic carboxylic acids is 1. The molecule has 0 atom stereocenters. The molecule has 2 rings (SSSR count). The van der Waals surface area contributed by atoms with Gasteiger partial charge in [0.2, 0.25) is 0 Å². The Hall–Kier alpha value is -0.880. The zero-order chi connectivity index (χ0) is 12.4. The Bertz CT molecular complexity index is 575. The van der Waals surface area contributed by atoms with Crippen LogP contribution in [0.15, 0.2) is 17.5 Å². The lowest BCUT2D eigenvalue weighted by Gasteiger charge is -1.97. The number of carbonyl (C=O) groups is 1. The van der Waals surface area contributed by atoms with Crippen molar-refractivity contribution < 1.29 is 9.90 Å². The van der Waals surface area contributed by atoms with Gasteiger partial charge in [0.25, 0.3) is 0 Å². The second-order valence-electron chi connectivity index (χ2n) is 2.96. The molecule has 0 spiro atoms. The van der Waals surface area contributed by atoms with Crippen LogP contribution < -0.4 is 0 Å². The van der Waals surface area contributed by atoms with E-state index >= 15 is 0 Å². The Labute approximate surface area is 115 Å². The van der Waals surface area contributed by atoms with Crippen molar-refractivity contribution in [3.63, 3.8) is 0 Å². The third kappa shape index (κ3) is 2.87. The Morgan fingerprint density at radius 2 is 2.24 bits per heavy atom. The van der Waals surface area contributed by atoms with Crippen molar-refractivity contribution in [2.75, 3.05) is 0 Å². The minimum absolute atomic E-state index is 0.183. The molecule has 88 valence electrons. The molecule has 0 unspecified atom stereocenters. The van der Waals surface area contributed by atoms with E-state index in [9.17, 15) is 4.79 Å². The topological polar surface area (TPSA) is 50.2 Å². The predicted octanol–water partition coefficient (Wildman–Crippen LogP) is 4.14. The third-order valence-corrected chi connectivity index (χ3v) is 4.29. The molecule has 0 aliphatic carbocycles. The van der Waals surface area contributed by atoms with Crippen LogP contribution in [0.4, 0.5) is 0 Å². The number of nitrogens with zero attached hydrogens (tertiary/aromatic N) is 1. The molecule has 2 aromatic rings. The summed E-state index contributed by atoms with van der Waals surface area (Å²) in [7, 11) is 0. The lowest BCUT2D eigenvalue weighted by atomic mass is 10.2. The molecular weight excluding hydrogens is 301 g/mol. The van der Waals surface area contributed by atoms with Gasteiger partial charge in [0.15, 0.2) is 4.47 Å². The summed E-state index contributed by atoms with van der Waals surface area (Å²) in [5, 5.41) is 11.2. The standard InChI is InChI=1S/C10H5Cl2NO2S2/c11-8-7(17-10(12)13-8)4-5(9(14)15)6-2-1-3-16-6/h1-4H,(H,14,15)/b5-4-. The molecule has 0 amide bonds. The fourth-order valence-electron chi connectivity index (χ4n) is 1.18. The van der Waals surface area contributed by atoms with E-state index in [4.69, 9.17) is 28.3 Å². The number of aromatic nitrogens is 1. The molecule has 0 saturated carbocycles. The fraction of sp³-hybridized carbons (Fsp3) is 0. The van der Waals surface area contributed by atoms with Gasteiger partial charge in [0, 0.05) is 4.88 Å². The molecule has 0 fully saturated rings. The van der Waals surface area contributed by atoms with Crippen LogP contribution in [0.3, 0.4) is 0 Å². The van der Waals surface area contributed by atoms with Crippen molar-refractivity contribution in [1.82, 2.24) is 4.98 Å². The first kappa shape index (κ1) is 12.6. The summed E-state index contributed by atoms with van der Waals surface area (Å²) in [6.45, 7) is 0. The van der Waals surface area contributed by atoms with Crippen LogP contribution in [0.1, 0.15) is 9.75 Å². The van der Waals surface area contributed by atoms with Crippen LogP contribution >= 0.6 is 45.9 Å². The van der Waals surface area contributed by atoms with E-state index in [1.165, 1.54) is 17.4 Å². The van der Waals surface area contributed by atoms with Gasteiger partial charge in [-0.3, -0.25) is 0 Å². The second kappa shape index (κ2) is 5.18. The normalized spacial score (nSPS) is 11.8. The van der Waals surface area contributed by atoms with Crippen LogP contribution in [0.2, 0.25) is 9.62 Å². The van der Waals surface area contributed by atoms with Gasteiger partial charge in [-0.05, 0) is 17.5 Å². The van der Waals surface area contributed by atoms with Crippen molar-refractivity contribution in [3.8, 4) is 0 Å². The van der Waals surface area contributed by atoms with E-state index in [-0.39, 0.29) is 15.2 Å². The maximum Gasteiger partial charge on any atom is 0.337 e. The van der Waals surface area contributed by atoms with Gasteiger partial charge in [0.1, 0.15) is 5.15 Å². The number of thiazole rings is 1. The lowest BCUT2D eigenvalue weighted by molar-refractivity contribution is -0.130. The molecule has 0 aliphatic heterocycles. The number of hydrogen-bond donors (Lipinski definition) is 1. The quantitative estimate of drug-likeness (QED) is 0.867. The highest BCUT2D eigenvalue weighted by Gasteiger charge is 2.14. The first-order valence-electron chi connectivity index (χ1n) is 4.38. The number of hydrogen-bond acceptors (Lipinski definition) is 4. The predicted molar refractivity (Wildman–Crippen MR) is 72.0 cm³/mol. The molecule has 0 aromatic carbocycles. The molecule has 2 aromatic heterocycles. The molecule has 2 heterocycles. The summed E-state index contributed by atoms with van der Waals surface area (Å²) in [5.41, 5.74) is 0.183.